The molecule has 0 bridgehead atoms. The van der Waals surface area contributed by atoms with Gasteiger partial charge >= 0.3 is 0 Å². The Morgan fingerprint density at radius 2 is 2.19 bits per heavy atom. The lowest BCUT2D eigenvalue weighted by atomic mass is 10.2. The van der Waals surface area contributed by atoms with Gasteiger partial charge < -0.3 is 4.74 Å². The lowest BCUT2D eigenvalue weighted by Crippen LogP contribution is -1.95. The molecule has 0 saturated heterocycles. The van der Waals surface area contributed by atoms with Crippen molar-refractivity contribution in [3.05, 3.63) is 41.6 Å². The summed E-state index contributed by atoms with van der Waals surface area (Å²) in [4.78, 5) is 0. The molecule has 0 fully saturated rings. The van der Waals surface area contributed by atoms with Crippen LogP contribution >= 0.6 is 11.6 Å². The van der Waals surface area contributed by atoms with E-state index < -0.39 is 0 Å². The average Bonchev–Trinajstić information content (AvgIpc) is 2.73. The van der Waals surface area contributed by atoms with E-state index in [2.05, 4.69) is 5.10 Å². The van der Waals surface area contributed by atoms with Gasteiger partial charge in [-0.1, -0.05) is 11.6 Å². The fourth-order valence-electron chi connectivity index (χ4n) is 1.89. The molecule has 2 heterocycles. The summed E-state index contributed by atoms with van der Waals surface area (Å²) in [5.41, 5.74) is 1.78. The van der Waals surface area contributed by atoms with Crippen molar-refractivity contribution in [2.75, 3.05) is 7.11 Å². The van der Waals surface area contributed by atoms with Gasteiger partial charge in [0.2, 0.25) is 0 Å². The maximum Gasteiger partial charge on any atom is 0.153 e. The van der Waals surface area contributed by atoms with Crippen molar-refractivity contribution >= 4 is 28.0 Å². The molecule has 0 unspecified atom stereocenters. The van der Waals surface area contributed by atoms with Crippen LogP contribution in [0.3, 0.4) is 0 Å². The average molecular weight is 233 g/mol. The molecule has 4 heteroatoms. The van der Waals surface area contributed by atoms with Crippen LogP contribution in [0.15, 0.2) is 36.5 Å². The summed E-state index contributed by atoms with van der Waals surface area (Å²) < 4.78 is 7.22. The van der Waals surface area contributed by atoms with E-state index in [0.717, 1.165) is 22.2 Å². The first-order chi connectivity index (χ1) is 7.79. The van der Waals surface area contributed by atoms with E-state index in [1.54, 1.807) is 11.6 Å². The smallest absolute Gasteiger partial charge is 0.153 e. The second-order valence-corrected chi connectivity index (χ2v) is 3.97. The van der Waals surface area contributed by atoms with Gasteiger partial charge in [-0.25, -0.2) is 4.52 Å². The van der Waals surface area contributed by atoms with Crippen molar-refractivity contribution in [3.8, 4) is 5.75 Å². The SMILES string of the molecule is COc1c2ccc(Cl)cc2nn2cccc12. The number of hydrogen-bond donors (Lipinski definition) is 0. The Morgan fingerprint density at radius 3 is 3.00 bits per heavy atom. The zero-order chi connectivity index (χ0) is 11.1. The van der Waals surface area contributed by atoms with Crippen LogP contribution in [0, 0.1) is 0 Å². The van der Waals surface area contributed by atoms with Gasteiger partial charge in [-0.05, 0) is 30.3 Å². The normalized spacial score (nSPS) is 11.1. The van der Waals surface area contributed by atoms with Crippen molar-refractivity contribution < 1.29 is 4.74 Å². The van der Waals surface area contributed by atoms with E-state index >= 15 is 0 Å². The molecule has 0 spiro atoms. The topological polar surface area (TPSA) is 26.5 Å². The summed E-state index contributed by atoms with van der Waals surface area (Å²) in [5.74, 6) is 0.826. The standard InChI is InChI=1S/C12H9ClN2O/c1-16-12-9-5-4-8(13)7-10(9)14-15-6-2-3-11(12)15/h2-7H,1H3. The molecule has 1 aromatic carbocycles. The van der Waals surface area contributed by atoms with E-state index in [1.807, 2.05) is 36.5 Å². The number of ether oxygens (including phenoxy) is 1. The van der Waals surface area contributed by atoms with Crippen molar-refractivity contribution in [1.29, 1.82) is 0 Å². The van der Waals surface area contributed by atoms with Crippen LogP contribution in [0.5, 0.6) is 5.75 Å². The number of fused-ring (bicyclic) bond motifs is 2. The van der Waals surface area contributed by atoms with E-state index in [9.17, 15) is 0 Å². The van der Waals surface area contributed by atoms with Crippen LogP contribution < -0.4 is 4.74 Å². The van der Waals surface area contributed by atoms with E-state index in [0.29, 0.717) is 5.02 Å². The molecule has 0 N–H and O–H groups in total. The molecule has 0 atom stereocenters. The Hall–Kier alpha value is -1.74. The molecule has 0 aliphatic carbocycles. The van der Waals surface area contributed by atoms with Gasteiger partial charge in [-0.3, -0.25) is 0 Å². The van der Waals surface area contributed by atoms with Gasteiger partial charge in [0.05, 0.1) is 12.6 Å². The summed E-state index contributed by atoms with van der Waals surface area (Å²) in [6, 6.07) is 9.51. The first kappa shape index (κ1) is 9.48. The van der Waals surface area contributed by atoms with Gasteiger partial charge in [0, 0.05) is 16.6 Å². The largest absolute Gasteiger partial charge is 0.494 e. The quantitative estimate of drug-likeness (QED) is 0.644. The molecular formula is C12H9ClN2O. The lowest BCUT2D eigenvalue weighted by Gasteiger charge is -2.07. The molecule has 3 nitrogen and oxygen atoms in total. The van der Waals surface area contributed by atoms with Crippen LogP contribution in [0.1, 0.15) is 0 Å². The minimum atomic E-state index is 0.675. The predicted octanol–water partition coefficient (Wildman–Crippen LogP) is 3.15. The third-order valence-electron chi connectivity index (χ3n) is 2.58. The highest BCUT2D eigenvalue weighted by molar-refractivity contribution is 6.31. The minimum absolute atomic E-state index is 0.675. The van der Waals surface area contributed by atoms with Crippen LogP contribution in [-0.2, 0) is 0 Å². The number of rotatable bonds is 1. The van der Waals surface area contributed by atoms with Crippen LogP contribution in [-0.4, -0.2) is 16.7 Å². The molecular weight excluding hydrogens is 224 g/mol. The highest BCUT2D eigenvalue weighted by Crippen LogP contribution is 2.30. The Bertz CT molecular complexity index is 675. The monoisotopic (exact) mass is 232 g/mol. The van der Waals surface area contributed by atoms with Gasteiger partial charge in [0.1, 0.15) is 5.52 Å². The van der Waals surface area contributed by atoms with Gasteiger partial charge in [-0.15, -0.1) is 0 Å². The maximum absolute atomic E-state index is 5.95. The van der Waals surface area contributed by atoms with E-state index in [-0.39, 0.29) is 0 Å². The summed E-state index contributed by atoms with van der Waals surface area (Å²) in [7, 11) is 1.66. The molecule has 3 rings (SSSR count). The Morgan fingerprint density at radius 1 is 1.31 bits per heavy atom. The predicted molar refractivity (Wildman–Crippen MR) is 64.3 cm³/mol. The summed E-state index contributed by atoms with van der Waals surface area (Å²) in [6.45, 7) is 0. The maximum atomic E-state index is 5.95. The zero-order valence-corrected chi connectivity index (χ0v) is 9.40. The molecule has 16 heavy (non-hydrogen) atoms. The molecule has 80 valence electrons. The number of methoxy groups -OCH3 is 1. The summed E-state index contributed by atoms with van der Waals surface area (Å²) >= 11 is 5.95. The highest BCUT2D eigenvalue weighted by atomic mass is 35.5. The number of halogens is 1. The van der Waals surface area contributed by atoms with Crippen molar-refractivity contribution in [1.82, 2.24) is 9.61 Å². The molecule has 2 aromatic heterocycles. The van der Waals surface area contributed by atoms with Crippen LogP contribution in [0.25, 0.3) is 16.4 Å². The molecule has 0 amide bonds. The highest BCUT2D eigenvalue weighted by Gasteiger charge is 2.09. The molecule has 0 aliphatic rings. The zero-order valence-electron chi connectivity index (χ0n) is 8.64. The number of aromatic nitrogens is 2. The van der Waals surface area contributed by atoms with Crippen molar-refractivity contribution in [2.45, 2.75) is 0 Å². The summed E-state index contributed by atoms with van der Waals surface area (Å²) in [6.07, 6.45) is 1.89. The number of hydrogen-bond acceptors (Lipinski definition) is 2. The molecule has 3 aromatic rings. The van der Waals surface area contributed by atoms with E-state index in [1.165, 1.54) is 0 Å². The fourth-order valence-corrected chi connectivity index (χ4v) is 2.05. The van der Waals surface area contributed by atoms with Crippen molar-refractivity contribution in [2.24, 2.45) is 0 Å². The van der Waals surface area contributed by atoms with Crippen molar-refractivity contribution in [3.63, 3.8) is 0 Å². The fraction of sp³-hybridized carbons (Fsp3) is 0.0833. The minimum Gasteiger partial charge on any atom is -0.494 e. The van der Waals surface area contributed by atoms with E-state index in [4.69, 9.17) is 16.3 Å². The lowest BCUT2D eigenvalue weighted by molar-refractivity contribution is 0.422. The van der Waals surface area contributed by atoms with Crippen LogP contribution in [0.2, 0.25) is 5.02 Å². The number of nitrogens with zero attached hydrogens (tertiary/aromatic N) is 2. The third-order valence-corrected chi connectivity index (χ3v) is 2.82. The van der Waals surface area contributed by atoms with Gasteiger partial charge in [0.25, 0.3) is 0 Å². The van der Waals surface area contributed by atoms with Crippen LogP contribution in [0.4, 0.5) is 0 Å². The molecule has 0 saturated carbocycles. The molecule has 0 radical (unpaired) electrons. The summed E-state index contributed by atoms with van der Waals surface area (Å²) in [5, 5.41) is 6.10. The second kappa shape index (κ2) is 3.39. The first-order valence-corrected chi connectivity index (χ1v) is 5.28. The first-order valence-electron chi connectivity index (χ1n) is 4.90. The Kier molecular flexibility index (Phi) is 2.01. The molecule has 0 aliphatic heterocycles. The number of benzene rings is 1. The van der Waals surface area contributed by atoms with Gasteiger partial charge in [-0.2, -0.15) is 5.10 Å². The Balaban J connectivity index is 2.54. The third kappa shape index (κ3) is 1.25. The van der Waals surface area contributed by atoms with Gasteiger partial charge in [0.15, 0.2) is 5.75 Å². The second-order valence-electron chi connectivity index (χ2n) is 3.53. The Labute approximate surface area is 97.2 Å².